The number of phenolic OH excluding ortho intramolecular Hbond substituents is 1. The molecular weight excluding hydrogens is 510 g/mol. The molecule has 1 aliphatic rings. The van der Waals surface area contributed by atoms with Crippen molar-refractivity contribution in [2.45, 2.75) is 32.1 Å². The van der Waals surface area contributed by atoms with E-state index in [9.17, 15) is 18.7 Å². The third-order valence-electron chi connectivity index (χ3n) is 6.99. The van der Waals surface area contributed by atoms with Crippen LogP contribution in [0.25, 0.3) is 11.3 Å². The minimum absolute atomic E-state index is 0.120. The zero-order valence-corrected chi connectivity index (χ0v) is 22.0. The maximum Gasteiger partial charge on any atom is 0.227 e. The van der Waals surface area contributed by atoms with Crippen LogP contribution in [0.15, 0.2) is 79.5 Å². The fraction of sp³-hybridized carbons (Fsp3) is 0.219. The molecule has 0 amide bonds. The van der Waals surface area contributed by atoms with Crippen molar-refractivity contribution < 1.29 is 18.7 Å². The number of nitrogens with zero attached hydrogens (tertiary/aromatic N) is 3. The molecule has 2 heterocycles. The Morgan fingerprint density at radius 3 is 2.62 bits per heavy atom. The van der Waals surface area contributed by atoms with E-state index in [2.05, 4.69) is 21.8 Å². The molecule has 0 radical (unpaired) electrons. The number of hydrogen-bond donors (Lipinski definition) is 2. The molecule has 0 spiro atoms. The van der Waals surface area contributed by atoms with Gasteiger partial charge in [-0.05, 0) is 85.0 Å². The van der Waals surface area contributed by atoms with Gasteiger partial charge in [0.1, 0.15) is 17.4 Å². The molecule has 1 saturated heterocycles. The highest BCUT2D eigenvalue weighted by Crippen LogP contribution is 2.34. The molecule has 0 unspecified atom stereocenters. The molecule has 40 heavy (non-hydrogen) atoms. The van der Waals surface area contributed by atoms with Crippen molar-refractivity contribution in [1.29, 1.82) is 0 Å². The minimum Gasteiger partial charge on any atom is -0.506 e. The second-order valence-corrected chi connectivity index (χ2v) is 9.90. The van der Waals surface area contributed by atoms with E-state index in [0.29, 0.717) is 34.9 Å². The van der Waals surface area contributed by atoms with Crippen molar-refractivity contribution in [3.63, 3.8) is 0 Å². The molecule has 4 aromatic rings. The maximum atomic E-state index is 14.6. The fourth-order valence-corrected chi connectivity index (χ4v) is 4.95. The van der Waals surface area contributed by atoms with Crippen LogP contribution >= 0.6 is 0 Å². The summed E-state index contributed by atoms with van der Waals surface area (Å²) in [5, 5.41) is 13.7. The van der Waals surface area contributed by atoms with Crippen molar-refractivity contribution >= 4 is 23.1 Å². The summed E-state index contributed by atoms with van der Waals surface area (Å²) in [6, 6.07) is 16.1. The highest BCUT2D eigenvalue weighted by Gasteiger charge is 2.17. The van der Waals surface area contributed by atoms with Gasteiger partial charge in [-0.2, -0.15) is 0 Å². The van der Waals surface area contributed by atoms with Gasteiger partial charge in [-0.3, -0.25) is 4.79 Å². The van der Waals surface area contributed by atoms with Gasteiger partial charge in [0.2, 0.25) is 5.95 Å². The van der Waals surface area contributed by atoms with Gasteiger partial charge in [0, 0.05) is 48.9 Å². The van der Waals surface area contributed by atoms with Crippen LogP contribution in [0.3, 0.4) is 0 Å². The zero-order valence-electron chi connectivity index (χ0n) is 22.0. The number of ketones is 1. The van der Waals surface area contributed by atoms with Crippen LogP contribution in [0.2, 0.25) is 0 Å². The van der Waals surface area contributed by atoms with Gasteiger partial charge in [-0.25, -0.2) is 18.7 Å². The van der Waals surface area contributed by atoms with Gasteiger partial charge in [0.15, 0.2) is 5.78 Å². The lowest BCUT2D eigenvalue weighted by molar-refractivity contribution is -0.114. The summed E-state index contributed by atoms with van der Waals surface area (Å²) < 4.78 is 28.5. The van der Waals surface area contributed by atoms with E-state index < -0.39 is 5.82 Å². The molecule has 5 rings (SSSR count). The first kappa shape index (κ1) is 27.0. The van der Waals surface area contributed by atoms with Crippen LogP contribution in [-0.2, 0) is 17.6 Å². The van der Waals surface area contributed by atoms with Crippen molar-refractivity contribution in [2.24, 2.45) is 0 Å². The van der Waals surface area contributed by atoms with E-state index in [1.54, 1.807) is 36.5 Å². The van der Waals surface area contributed by atoms with E-state index >= 15 is 0 Å². The molecule has 1 aliphatic heterocycles. The average Bonchev–Trinajstić information content (AvgIpc) is 2.96. The smallest absolute Gasteiger partial charge is 0.227 e. The molecule has 2 N–H and O–H groups in total. The first-order valence-electron chi connectivity index (χ1n) is 13.3. The predicted molar refractivity (Wildman–Crippen MR) is 153 cm³/mol. The lowest BCUT2D eigenvalue weighted by Gasteiger charge is -2.29. The minimum atomic E-state index is -0.493. The average molecular weight is 541 g/mol. The standard InChI is InChI=1S/C32H30F2N4O2/c1-2-27(39)18-23-17-22(9-11-28(23)34)31-24(15-21-7-6-8-25(33)16-21)20-35-32(37-31)36-26-10-12-30(40)29(19-26)38-13-4-3-5-14-38/h2,6-12,16-17,19-20,40H,1,3-5,13-15,18H2,(H,35,36,37). The number of phenols is 1. The Hall–Kier alpha value is -4.59. The highest BCUT2D eigenvalue weighted by atomic mass is 19.1. The molecule has 0 aliphatic carbocycles. The molecule has 3 aromatic carbocycles. The quantitative estimate of drug-likeness (QED) is 0.181. The number of nitrogens with one attached hydrogen (secondary N) is 1. The van der Waals surface area contributed by atoms with E-state index in [-0.39, 0.29) is 29.3 Å². The first-order chi connectivity index (χ1) is 19.4. The number of rotatable bonds is 9. The normalized spacial score (nSPS) is 13.2. The summed E-state index contributed by atoms with van der Waals surface area (Å²) in [6.07, 6.45) is 6.41. The summed E-state index contributed by atoms with van der Waals surface area (Å²) in [7, 11) is 0. The Balaban J connectivity index is 1.51. The molecule has 8 heteroatoms. The predicted octanol–water partition coefficient (Wildman–Crippen LogP) is 6.75. The van der Waals surface area contributed by atoms with Gasteiger partial charge >= 0.3 is 0 Å². The number of benzene rings is 3. The Kier molecular flexibility index (Phi) is 8.15. The zero-order chi connectivity index (χ0) is 28.1. The second kappa shape index (κ2) is 12.1. The number of carbonyl (C=O) groups is 1. The SMILES string of the molecule is C=CC(=O)Cc1cc(-c2nc(Nc3ccc(O)c(N4CCCCC4)c3)ncc2Cc2cccc(F)c2)ccc1F. The van der Waals surface area contributed by atoms with Crippen molar-refractivity contribution in [3.8, 4) is 17.0 Å². The van der Waals surface area contributed by atoms with E-state index in [0.717, 1.165) is 37.2 Å². The molecule has 1 aromatic heterocycles. The maximum absolute atomic E-state index is 14.6. The Morgan fingerprint density at radius 2 is 1.85 bits per heavy atom. The first-order valence-corrected chi connectivity index (χ1v) is 13.3. The van der Waals surface area contributed by atoms with E-state index in [4.69, 9.17) is 4.98 Å². The number of carbonyl (C=O) groups excluding carboxylic acids is 1. The largest absolute Gasteiger partial charge is 0.506 e. The summed E-state index contributed by atoms with van der Waals surface area (Å²) in [4.78, 5) is 23.4. The van der Waals surface area contributed by atoms with Crippen molar-refractivity contribution in [2.75, 3.05) is 23.3 Å². The van der Waals surface area contributed by atoms with Crippen LogP contribution in [0.1, 0.15) is 36.0 Å². The number of halogens is 2. The highest BCUT2D eigenvalue weighted by molar-refractivity contribution is 5.91. The molecule has 6 nitrogen and oxygen atoms in total. The Bertz CT molecular complexity index is 1550. The van der Waals surface area contributed by atoms with Crippen LogP contribution in [0, 0.1) is 11.6 Å². The molecule has 0 bridgehead atoms. The van der Waals surface area contributed by atoms with Gasteiger partial charge in [-0.15, -0.1) is 0 Å². The molecule has 0 saturated carbocycles. The molecule has 0 atom stereocenters. The van der Waals surface area contributed by atoms with Crippen LogP contribution in [0.4, 0.5) is 26.1 Å². The third-order valence-corrected chi connectivity index (χ3v) is 6.99. The van der Waals surface area contributed by atoms with Gasteiger partial charge < -0.3 is 15.3 Å². The second-order valence-electron chi connectivity index (χ2n) is 9.90. The van der Waals surface area contributed by atoms with Crippen molar-refractivity contribution in [3.05, 3.63) is 108 Å². The number of hydrogen-bond acceptors (Lipinski definition) is 6. The number of aromatic nitrogens is 2. The third kappa shape index (κ3) is 6.34. The molecule has 1 fully saturated rings. The summed E-state index contributed by atoms with van der Waals surface area (Å²) in [5.74, 6) is -0.610. The molecular formula is C32H30F2N4O2. The summed E-state index contributed by atoms with van der Waals surface area (Å²) in [5.41, 5.74) is 4.27. The number of piperidine rings is 1. The van der Waals surface area contributed by atoms with Crippen LogP contribution in [0.5, 0.6) is 5.75 Å². The summed E-state index contributed by atoms with van der Waals surface area (Å²) >= 11 is 0. The topological polar surface area (TPSA) is 78.3 Å². The van der Waals surface area contributed by atoms with Gasteiger partial charge in [0.25, 0.3) is 0 Å². The number of aromatic hydroxyl groups is 1. The van der Waals surface area contributed by atoms with Crippen LogP contribution < -0.4 is 10.2 Å². The Morgan fingerprint density at radius 1 is 1.02 bits per heavy atom. The summed E-state index contributed by atoms with van der Waals surface area (Å²) in [6.45, 7) is 5.24. The number of allylic oxidation sites excluding steroid dienone is 1. The van der Waals surface area contributed by atoms with Crippen LogP contribution in [-0.4, -0.2) is 33.9 Å². The fourth-order valence-electron chi connectivity index (χ4n) is 4.95. The molecule has 204 valence electrons. The number of anilines is 3. The lowest BCUT2D eigenvalue weighted by Crippen LogP contribution is -2.29. The monoisotopic (exact) mass is 540 g/mol. The Labute approximate surface area is 232 Å². The van der Waals surface area contributed by atoms with E-state index in [1.165, 1.54) is 30.7 Å². The lowest BCUT2D eigenvalue weighted by atomic mass is 9.98. The van der Waals surface area contributed by atoms with Crippen molar-refractivity contribution in [1.82, 2.24) is 9.97 Å². The van der Waals surface area contributed by atoms with Gasteiger partial charge in [0.05, 0.1) is 11.4 Å². The van der Waals surface area contributed by atoms with E-state index in [1.807, 2.05) is 12.1 Å². The van der Waals surface area contributed by atoms with Gasteiger partial charge in [-0.1, -0.05) is 18.7 Å².